The highest BCUT2D eigenvalue weighted by Gasteiger charge is 1.92. The molecule has 0 aliphatic rings. The monoisotopic (exact) mass is 172 g/mol. The molecule has 0 heterocycles. The third kappa shape index (κ3) is 5.33. The number of ether oxygens (including phenoxy) is 2. The number of methoxy groups -OCH3 is 2. The molecule has 0 aliphatic heterocycles. The van der Waals surface area contributed by atoms with Crippen LogP contribution in [0.25, 0.3) is 0 Å². The predicted octanol–water partition coefficient (Wildman–Crippen LogP) is 0.686. The highest BCUT2D eigenvalue weighted by molar-refractivity contribution is 5.75. The van der Waals surface area contributed by atoms with Crippen molar-refractivity contribution in [2.75, 3.05) is 27.3 Å². The fraction of sp³-hybridized carbons (Fsp3) is 0.667. The molecule has 0 unspecified atom stereocenters. The van der Waals surface area contributed by atoms with Gasteiger partial charge >= 0.3 is 0 Å². The molecule has 0 rings (SSSR count). The van der Waals surface area contributed by atoms with Gasteiger partial charge in [-0.3, -0.25) is 10.8 Å². The van der Waals surface area contributed by atoms with Gasteiger partial charge in [-0.25, -0.2) is 0 Å². The van der Waals surface area contributed by atoms with Crippen LogP contribution in [0.2, 0.25) is 0 Å². The van der Waals surface area contributed by atoms with E-state index in [1.807, 2.05) is 0 Å². The van der Waals surface area contributed by atoms with E-state index in [9.17, 15) is 0 Å². The largest absolute Gasteiger partial charge is 0.483 e. The standard InChI is InChI=1S/C6H12N4O2/c1-11-5(7)3-9-10-4-6(8)12-2/h7-8H,3-4H2,1-2H3. The zero-order valence-corrected chi connectivity index (χ0v) is 7.13. The maximum absolute atomic E-state index is 7.01. The summed E-state index contributed by atoms with van der Waals surface area (Å²) in [7, 11) is 2.80. The van der Waals surface area contributed by atoms with Crippen molar-refractivity contribution < 1.29 is 9.47 Å². The first kappa shape index (κ1) is 10.5. The van der Waals surface area contributed by atoms with Crippen molar-refractivity contribution in [3.63, 3.8) is 0 Å². The Morgan fingerprint density at radius 3 is 1.58 bits per heavy atom. The summed E-state index contributed by atoms with van der Waals surface area (Å²) in [5.41, 5.74) is 0. The van der Waals surface area contributed by atoms with Crippen LogP contribution >= 0.6 is 0 Å². The summed E-state index contributed by atoms with van der Waals surface area (Å²) in [5.74, 6) is 0.0883. The second-order valence-electron chi connectivity index (χ2n) is 1.85. The van der Waals surface area contributed by atoms with Gasteiger partial charge in [0.1, 0.15) is 13.1 Å². The zero-order chi connectivity index (χ0) is 9.40. The van der Waals surface area contributed by atoms with E-state index in [4.69, 9.17) is 10.8 Å². The Morgan fingerprint density at radius 2 is 1.33 bits per heavy atom. The Labute approximate surface area is 70.6 Å². The SMILES string of the molecule is COC(=N)CN=NCC(=N)OC. The van der Waals surface area contributed by atoms with Gasteiger partial charge in [-0.2, -0.15) is 10.2 Å². The van der Waals surface area contributed by atoms with E-state index >= 15 is 0 Å². The smallest absolute Gasteiger partial charge is 0.204 e. The van der Waals surface area contributed by atoms with Crippen molar-refractivity contribution in [2.45, 2.75) is 0 Å². The van der Waals surface area contributed by atoms with E-state index in [2.05, 4.69) is 19.7 Å². The highest BCUT2D eigenvalue weighted by atomic mass is 16.5. The second-order valence-corrected chi connectivity index (χ2v) is 1.85. The topological polar surface area (TPSA) is 90.9 Å². The molecule has 12 heavy (non-hydrogen) atoms. The van der Waals surface area contributed by atoms with Crippen LogP contribution in [0.1, 0.15) is 0 Å². The van der Waals surface area contributed by atoms with Crippen LogP contribution in [0.4, 0.5) is 0 Å². The van der Waals surface area contributed by atoms with Crippen molar-refractivity contribution in [3.05, 3.63) is 0 Å². The molecule has 0 spiro atoms. The fourth-order valence-electron chi connectivity index (χ4n) is 0.358. The molecule has 0 aliphatic carbocycles. The average Bonchev–Trinajstić information content (AvgIpc) is 2.11. The lowest BCUT2D eigenvalue weighted by Gasteiger charge is -1.96. The van der Waals surface area contributed by atoms with Gasteiger partial charge in [0.25, 0.3) is 0 Å². The molecule has 0 amide bonds. The van der Waals surface area contributed by atoms with E-state index in [-0.39, 0.29) is 24.9 Å². The second kappa shape index (κ2) is 6.26. The Bertz CT molecular complexity index is 170. The van der Waals surface area contributed by atoms with E-state index < -0.39 is 0 Å². The van der Waals surface area contributed by atoms with Gasteiger partial charge < -0.3 is 9.47 Å². The van der Waals surface area contributed by atoms with E-state index in [1.54, 1.807) is 0 Å². The fourth-order valence-corrected chi connectivity index (χ4v) is 0.358. The quantitative estimate of drug-likeness (QED) is 0.371. The first-order valence-electron chi connectivity index (χ1n) is 3.26. The summed E-state index contributed by atoms with van der Waals surface area (Å²) in [5, 5.41) is 21.2. The Balaban J connectivity index is 3.50. The molecule has 0 saturated carbocycles. The maximum Gasteiger partial charge on any atom is 0.204 e. The molecule has 0 aromatic rings. The van der Waals surface area contributed by atoms with Crippen molar-refractivity contribution in [2.24, 2.45) is 10.2 Å². The third-order valence-corrected chi connectivity index (χ3v) is 1.02. The van der Waals surface area contributed by atoms with Crippen LogP contribution in [0.15, 0.2) is 10.2 Å². The lowest BCUT2D eigenvalue weighted by Crippen LogP contribution is -2.05. The molecule has 0 aromatic carbocycles. The molecule has 0 radical (unpaired) electrons. The summed E-state index contributed by atoms with van der Waals surface area (Å²) >= 11 is 0. The number of azo groups is 1. The lowest BCUT2D eigenvalue weighted by atomic mass is 10.6. The Morgan fingerprint density at radius 1 is 1.00 bits per heavy atom. The molecule has 6 nitrogen and oxygen atoms in total. The van der Waals surface area contributed by atoms with E-state index in [0.717, 1.165) is 0 Å². The van der Waals surface area contributed by atoms with Crippen LogP contribution in [-0.4, -0.2) is 39.1 Å². The molecule has 2 N–H and O–H groups in total. The molecular weight excluding hydrogens is 160 g/mol. The molecule has 68 valence electrons. The summed E-state index contributed by atoms with van der Waals surface area (Å²) in [4.78, 5) is 0. The molecule has 0 saturated heterocycles. The summed E-state index contributed by atoms with van der Waals surface area (Å²) < 4.78 is 9.06. The number of rotatable bonds is 4. The highest BCUT2D eigenvalue weighted by Crippen LogP contribution is 1.82. The van der Waals surface area contributed by atoms with Crippen LogP contribution in [0.3, 0.4) is 0 Å². The normalized spacial score (nSPS) is 9.83. The minimum Gasteiger partial charge on any atom is -0.483 e. The molecule has 0 fully saturated rings. The maximum atomic E-state index is 7.01. The third-order valence-electron chi connectivity index (χ3n) is 1.02. The Kier molecular flexibility index (Phi) is 5.50. The van der Waals surface area contributed by atoms with Crippen LogP contribution in [-0.2, 0) is 9.47 Å². The summed E-state index contributed by atoms with van der Waals surface area (Å²) in [6.45, 7) is 0.209. The van der Waals surface area contributed by atoms with Gasteiger partial charge in [0.2, 0.25) is 11.8 Å². The van der Waals surface area contributed by atoms with Crippen molar-refractivity contribution in [1.82, 2.24) is 0 Å². The van der Waals surface area contributed by atoms with Gasteiger partial charge in [0, 0.05) is 0 Å². The number of nitrogens with zero attached hydrogens (tertiary/aromatic N) is 2. The summed E-state index contributed by atoms with van der Waals surface area (Å²) in [6.07, 6.45) is 0. The first-order valence-corrected chi connectivity index (χ1v) is 3.26. The molecule has 0 aromatic heterocycles. The molecule has 0 bridgehead atoms. The molecule has 6 heteroatoms. The number of hydrogen-bond donors (Lipinski definition) is 2. The van der Waals surface area contributed by atoms with Crippen molar-refractivity contribution in [3.8, 4) is 0 Å². The number of nitrogens with one attached hydrogen (secondary N) is 2. The zero-order valence-electron chi connectivity index (χ0n) is 7.13. The minimum atomic E-state index is 0.0442. The molecule has 0 atom stereocenters. The van der Waals surface area contributed by atoms with Gasteiger partial charge in [-0.05, 0) is 0 Å². The lowest BCUT2D eigenvalue weighted by molar-refractivity contribution is 0.387. The van der Waals surface area contributed by atoms with Gasteiger partial charge in [-0.15, -0.1) is 0 Å². The van der Waals surface area contributed by atoms with Crippen molar-refractivity contribution >= 4 is 11.8 Å². The predicted molar refractivity (Wildman–Crippen MR) is 44.1 cm³/mol. The van der Waals surface area contributed by atoms with E-state index in [1.165, 1.54) is 14.2 Å². The van der Waals surface area contributed by atoms with E-state index in [0.29, 0.717) is 0 Å². The van der Waals surface area contributed by atoms with Crippen LogP contribution in [0.5, 0.6) is 0 Å². The van der Waals surface area contributed by atoms with Gasteiger partial charge in [-0.1, -0.05) is 0 Å². The van der Waals surface area contributed by atoms with Crippen LogP contribution < -0.4 is 0 Å². The average molecular weight is 172 g/mol. The van der Waals surface area contributed by atoms with Gasteiger partial charge in [0.15, 0.2) is 0 Å². The van der Waals surface area contributed by atoms with Crippen molar-refractivity contribution in [1.29, 1.82) is 10.8 Å². The summed E-state index contributed by atoms with van der Waals surface area (Å²) in [6, 6.07) is 0. The first-order chi connectivity index (χ1) is 5.70. The number of hydrogen-bond acceptors (Lipinski definition) is 6. The minimum absolute atomic E-state index is 0.0442. The van der Waals surface area contributed by atoms with Crippen LogP contribution in [0, 0.1) is 10.8 Å². The van der Waals surface area contributed by atoms with Gasteiger partial charge in [0.05, 0.1) is 14.2 Å². The molecular formula is C6H12N4O2. The Hall–Kier alpha value is -1.46.